The minimum Gasteiger partial charge on any atom is -0.484 e. The second kappa shape index (κ2) is 13.3. The first-order valence-electron chi connectivity index (χ1n) is 10.8. The van der Waals surface area contributed by atoms with Crippen LogP contribution in [0.3, 0.4) is 0 Å². The Morgan fingerprint density at radius 1 is 0.912 bits per heavy atom. The molecule has 0 fully saturated rings. The Hall–Kier alpha value is -3.52. The molecule has 2 amide bonds. The zero-order valence-electron chi connectivity index (χ0n) is 18.8. The first-order valence-corrected chi connectivity index (χ1v) is 12.2. The van der Waals surface area contributed by atoms with Crippen molar-refractivity contribution in [2.75, 3.05) is 18.6 Å². The lowest BCUT2D eigenvalue weighted by Crippen LogP contribution is -2.48. The van der Waals surface area contributed by atoms with Crippen molar-refractivity contribution in [3.8, 4) is 17.2 Å². The number of carbonyl (C=O) groups is 2. The lowest BCUT2D eigenvalue weighted by Gasteiger charge is -2.18. The molecule has 2 N–H and O–H groups in total. The summed E-state index contributed by atoms with van der Waals surface area (Å²) in [6.45, 7) is 0.143. The SMILES string of the molecule is CSCCC(NC(=O)COc1ccccc1)C(=O)NCc1ccc(Oc2ccc(F)cc2)cc1. The number of carbonyl (C=O) groups excluding carboxylic acids is 2. The van der Waals surface area contributed by atoms with Crippen LogP contribution in [0.1, 0.15) is 12.0 Å². The number of hydrogen-bond donors (Lipinski definition) is 2. The maximum atomic E-state index is 13.0. The molecule has 6 nitrogen and oxygen atoms in total. The van der Waals surface area contributed by atoms with Crippen LogP contribution in [-0.4, -0.2) is 36.5 Å². The fourth-order valence-corrected chi connectivity index (χ4v) is 3.50. The van der Waals surface area contributed by atoms with Gasteiger partial charge in [-0.15, -0.1) is 0 Å². The number of rotatable bonds is 12. The molecule has 0 bridgehead atoms. The molecule has 0 saturated heterocycles. The van der Waals surface area contributed by atoms with Crippen molar-refractivity contribution in [1.82, 2.24) is 10.6 Å². The summed E-state index contributed by atoms with van der Waals surface area (Å²) in [6.07, 6.45) is 2.46. The van der Waals surface area contributed by atoms with Gasteiger partial charge in [0, 0.05) is 6.54 Å². The molecule has 34 heavy (non-hydrogen) atoms. The number of thioether (sulfide) groups is 1. The van der Waals surface area contributed by atoms with Gasteiger partial charge in [0.15, 0.2) is 6.61 Å². The Morgan fingerprint density at radius 3 is 2.21 bits per heavy atom. The van der Waals surface area contributed by atoms with E-state index in [9.17, 15) is 14.0 Å². The summed E-state index contributed by atoms with van der Waals surface area (Å²) in [5.41, 5.74) is 0.877. The number of halogens is 1. The third kappa shape index (κ3) is 8.44. The van der Waals surface area contributed by atoms with E-state index in [0.717, 1.165) is 11.3 Å². The van der Waals surface area contributed by atoms with Gasteiger partial charge in [0.25, 0.3) is 5.91 Å². The van der Waals surface area contributed by atoms with Crippen LogP contribution in [0, 0.1) is 5.82 Å². The van der Waals surface area contributed by atoms with Crippen LogP contribution in [0.25, 0.3) is 0 Å². The highest BCUT2D eigenvalue weighted by Crippen LogP contribution is 2.21. The van der Waals surface area contributed by atoms with E-state index in [1.807, 2.05) is 36.6 Å². The Morgan fingerprint density at radius 2 is 1.56 bits per heavy atom. The summed E-state index contributed by atoms with van der Waals surface area (Å²) in [5, 5.41) is 5.64. The van der Waals surface area contributed by atoms with E-state index in [0.29, 0.717) is 30.2 Å². The number of amides is 2. The lowest BCUT2D eigenvalue weighted by molar-refractivity contribution is -0.130. The van der Waals surface area contributed by atoms with Gasteiger partial charge in [-0.05, 0) is 72.5 Å². The third-order valence-electron chi connectivity index (χ3n) is 4.81. The van der Waals surface area contributed by atoms with Crippen molar-refractivity contribution in [3.05, 3.63) is 90.2 Å². The average molecular weight is 483 g/mol. The highest BCUT2D eigenvalue weighted by molar-refractivity contribution is 7.98. The predicted molar refractivity (Wildman–Crippen MR) is 132 cm³/mol. The quantitative estimate of drug-likeness (QED) is 0.396. The molecule has 0 aliphatic heterocycles. The minimum absolute atomic E-state index is 0.164. The Bertz CT molecular complexity index is 1050. The highest BCUT2D eigenvalue weighted by Gasteiger charge is 2.20. The van der Waals surface area contributed by atoms with E-state index >= 15 is 0 Å². The van der Waals surface area contributed by atoms with Crippen LogP contribution >= 0.6 is 11.8 Å². The molecule has 3 aromatic carbocycles. The summed E-state index contributed by atoms with van der Waals surface area (Å²) < 4.78 is 24.2. The number of hydrogen-bond acceptors (Lipinski definition) is 5. The van der Waals surface area contributed by atoms with Crippen molar-refractivity contribution in [2.24, 2.45) is 0 Å². The molecule has 0 radical (unpaired) electrons. The van der Waals surface area contributed by atoms with Crippen molar-refractivity contribution in [1.29, 1.82) is 0 Å². The van der Waals surface area contributed by atoms with Gasteiger partial charge in [-0.3, -0.25) is 9.59 Å². The van der Waals surface area contributed by atoms with Crippen LogP contribution in [0.5, 0.6) is 17.2 Å². The van der Waals surface area contributed by atoms with Crippen molar-refractivity contribution in [2.45, 2.75) is 19.0 Å². The highest BCUT2D eigenvalue weighted by atomic mass is 32.2. The molecule has 178 valence electrons. The molecule has 0 aliphatic carbocycles. The molecule has 3 rings (SSSR count). The zero-order valence-corrected chi connectivity index (χ0v) is 19.6. The molecule has 0 heterocycles. The first kappa shape index (κ1) is 25.1. The molecule has 1 atom stereocenters. The van der Waals surface area contributed by atoms with Gasteiger partial charge in [-0.2, -0.15) is 11.8 Å². The summed E-state index contributed by atoms with van der Waals surface area (Å²) in [4.78, 5) is 25.1. The molecule has 0 aliphatic rings. The molecule has 1 unspecified atom stereocenters. The number of para-hydroxylation sites is 1. The first-order chi connectivity index (χ1) is 16.5. The largest absolute Gasteiger partial charge is 0.484 e. The van der Waals surface area contributed by atoms with E-state index in [4.69, 9.17) is 9.47 Å². The molecule has 0 aromatic heterocycles. The normalized spacial score (nSPS) is 11.4. The molecule has 8 heteroatoms. The lowest BCUT2D eigenvalue weighted by atomic mass is 10.1. The minimum atomic E-state index is -0.652. The monoisotopic (exact) mass is 482 g/mol. The summed E-state index contributed by atoms with van der Waals surface area (Å²) in [6, 6.07) is 21.4. The van der Waals surface area contributed by atoms with Crippen LogP contribution in [0.2, 0.25) is 0 Å². The summed E-state index contributed by atoms with van der Waals surface area (Å²) in [5.74, 6) is 1.52. The maximum absolute atomic E-state index is 13.0. The van der Waals surface area contributed by atoms with Crippen LogP contribution in [-0.2, 0) is 16.1 Å². The third-order valence-corrected chi connectivity index (χ3v) is 5.46. The Balaban J connectivity index is 1.49. The zero-order chi connectivity index (χ0) is 24.2. The number of benzene rings is 3. The van der Waals surface area contributed by atoms with E-state index in [1.54, 1.807) is 48.2 Å². The van der Waals surface area contributed by atoms with Gasteiger partial charge in [0.1, 0.15) is 29.1 Å². The molecule has 3 aromatic rings. The van der Waals surface area contributed by atoms with Crippen LogP contribution in [0.4, 0.5) is 4.39 Å². The van der Waals surface area contributed by atoms with Gasteiger partial charge in [0.2, 0.25) is 5.91 Å². The summed E-state index contributed by atoms with van der Waals surface area (Å²) >= 11 is 1.60. The van der Waals surface area contributed by atoms with Gasteiger partial charge in [-0.1, -0.05) is 30.3 Å². The van der Waals surface area contributed by atoms with E-state index in [-0.39, 0.29) is 24.2 Å². The van der Waals surface area contributed by atoms with Gasteiger partial charge < -0.3 is 20.1 Å². The van der Waals surface area contributed by atoms with Gasteiger partial charge in [0.05, 0.1) is 0 Å². The molecular formula is C26H27FN2O4S. The van der Waals surface area contributed by atoms with E-state index < -0.39 is 6.04 Å². The van der Waals surface area contributed by atoms with Crippen molar-refractivity contribution >= 4 is 23.6 Å². The molecular weight excluding hydrogens is 455 g/mol. The molecule has 0 saturated carbocycles. The van der Waals surface area contributed by atoms with E-state index in [1.165, 1.54) is 12.1 Å². The second-order valence-corrected chi connectivity index (χ2v) is 8.41. The summed E-state index contributed by atoms with van der Waals surface area (Å²) in [7, 11) is 0. The maximum Gasteiger partial charge on any atom is 0.258 e. The predicted octanol–water partition coefficient (Wildman–Crippen LogP) is 4.55. The average Bonchev–Trinajstić information content (AvgIpc) is 2.86. The van der Waals surface area contributed by atoms with Crippen LogP contribution in [0.15, 0.2) is 78.9 Å². The van der Waals surface area contributed by atoms with Crippen molar-refractivity contribution < 1.29 is 23.5 Å². The second-order valence-electron chi connectivity index (χ2n) is 7.42. The fraction of sp³-hybridized carbons (Fsp3) is 0.231. The van der Waals surface area contributed by atoms with Gasteiger partial charge >= 0.3 is 0 Å². The Labute approximate surface area is 202 Å². The van der Waals surface area contributed by atoms with Crippen LogP contribution < -0.4 is 20.1 Å². The van der Waals surface area contributed by atoms with Gasteiger partial charge in [-0.25, -0.2) is 4.39 Å². The topological polar surface area (TPSA) is 76.7 Å². The van der Waals surface area contributed by atoms with Crippen molar-refractivity contribution in [3.63, 3.8) is 0 Å². The molecule has 0 spiro atoms. The Kier molecular flexibility index (Phi) is 9.79. The fourth-order valence-electron chi connectivity index (χ4n) is 3.03. The standard InChI is InChI=1S/C26H27FN2O4S/c1-34-16-15-24(29-25(30)18-32-21-5-3-2-4-6-21)26(31)28-17-19-7-11-22(12-8-19)33-23-13-9-20(27)10-14-23/h2-14,24H,15-18H2,1H3,(H,28,31)(H,29,30). The smallest absolute Gasteiger partial charge is 0.258 e. The number of ether oxygens (including phenoxy) is 2. The van der Waals surface area contributed by atoms with E-state index in [2.05, 4.69) is 10.6 Å². The number of nitrogens with one attached hydrogen (secondary N) is 2.